The average Bonchev–Trinajstić information content (AvgIpc) is 2.81. The molecule has 132 valence electrons. The summed E-state index contributed by atoms with van der Waals surface area (Å²) in [7, 11) is 0. The number of anilines is 1. The van der Waals surface area contributed by atoms with Crippen molar-refractivity contribution in [3.8, 4) is 0 Å². The third kappa shape index (κ3) is 3.18. The van der Waals surface area contributed by atoms with E-state index in [4.69, 9.17) is 21.3 Å². The number of aryl methyl sites for hydroxylation is 1. The van der Waals surface area contributed by atoms with Crippen LogP contribution in [0.25, 0.3) is 0 Å². The Bertz CT molecular complexity index is 656. The SMILES string of the molecule is CCc1nc2c(cc1Cl)C[C@@H]1CN(C(=O)OC(C)(C)C)C[C@@H](C)N21. The van der Waals surface area contributed by atoms with E-state index in [-0.39, 0.29) is 18.2 Å². The predicted molar refractivity (Wildman–Crippen MR) is 95.9 cm³/mol. The summed E-state index contributed by atoms with van der Waals surface area (Å²) in [6, 6.07) is 2.49. The minimum Gasteiger partial charge on any atom is -0.444 e. The second-order valence-electron chi connectivity index (χ2n) is 7.75. The summed E-state index contributed by atoms with van der Waals surface area (Å²) in [5, 5.41) is 0.743. The highest BCUT2D eigenvalue weighted by molar-refractivity contribution is 6.31. The van der Waals surface area contributed by atoms with Crippen LogP contribution in [0.1, 0.15) is 45.9 Å². The zero-order chi connectivity index (χ0) is 17.6. The van der Waals surface area contributed by atoms with Crippen LogP contribution in [0.2, 0.25) is 5.02 Å². The van der Waals surface area contributed by atoms with E-state index in [9.17, 15) is 4.79 Å². The van der Waals surface area contributed by atoms with Gasteiger partial charge in [-0.25, -0.2) is 9.78 Å². The molecular formula is C18H26ClN3O2. The number of carbonyl (C=O) groups excluding carboxylic acids is 1. The molecule has 2 aliphatic heterocycles. The number of hydrogen-bond acceptors (Lipinski definition) is 4. The molecule has 6 heteroatoms. The summed E-state index contributed by atoms with van der Waals surface area (Å²) in [6.45, 7) is 11.2. The number of ether oxygens (including phenoxy) is 1. The number of carbonyl (C=O) groups is 1. The molecule has 2 atom stereocenters. The van der Waals surface area contributed by atoms with Gasteiger partial charge in [-0.3, -0.25) is 0 Å². The van der Waals surface area contributed by atoms with Crippen molar-refractivity contribution in [1.29, 1.82) is 0 Å². The van der Waals surface area contributed by atoms with Crippen LogP contribution in [0.5, 0.6) is 0 Å². The molecule has 0 unspecified atom stereocenters. The number of fused-ring (bicyclic) bond motifs is 3. The molecule has 0 radical (unpaired) electrons. The summed E-state index contributed by atoms with van der Waals surface area (Å²) in [5.74, 6) is 1.04. The Balaban J connectivity index is 1.81. The van der Waals surface area contributed by atoms with Crippen molar-refractivity contribution in [1.82, 2.24) is 9.88 Å². The summed E-state index contributed by atoms with van der Waals surface area (Å²) >= 11 is 6.33. The van der Waals surface area contributed by atoms with Crippen molar-refractivity contribution in [3.05, 3.63) is 22.3 Å². The molecule has 5 nitrogen and oxygen atoms in total. The van der Waals surface area contributed by atoms with Crippen molar-refractivity contribution in [3.63, 3.8) is 0 Å². The van der Waals surface area contributed by atoms with E-state index in [2.05, 4.69) is 18.7 Å². The molecule has 0 bridgehead atoms. The van der Waals surface area contributed by atoms with Crippen LogP contribution in [0.15, 0.2) is 6.07 Å². The van der Waals surface area contributed by atoms with Crippen LogP contribution in [0.4, 0.5) is 10.6 Å². The van der Waals surface area contributed by atoms with E-state index in [0.717, 1.165) is 29.4 Å². The molecule has 0 N–H and O–H groups in total. The number of halogens is 1. The number of pyridine rings is 1. The quantitative estimate of drug-likeness (QED) is 0.774. The van der Waals surface area contributed by atoms with Crippen LogP contribution in [0, 0.1) is 0 Å². The third-order valence-corrected chi connectivity index (χ3v) is 4.90. The van der Waals surface area contributed by atoms with E-state index < -0.39 is 5.60 Å². The molecule has 0 saturated carbocycles. The normalized spacial score (nSPS) is 23.1. The summed E-state index contributed by atoms with van der Waals surface area (Å²) in [4.78, 5) is 21.4. The Labute approximate surface area is 148 Å². The minimum atomic E-state index is -0.471. The first-order chi connectivity index (χ1) is 11.2. The topological polar surface area (TPSA) is 45.7 Å². The van der Waals surface area contributed by atoms with Crippen LogP contribution >= 0.6 is 11.6 Å². The average molecular weight is 352 g/mol. The fourth-order valence-electron chi connectivity index (χ4n) is 3.63. The largest absolute Gasteiger partial charge is 0.444 e. The number of piperazine rings is 1. The first-order valence-electron chi connectivity index (χ1n) is 8.64. The zero-order valence-corrected chi connectivity index (χ0v) is 15.9. The molecular weight excluding hydrogens is 326 g/mol. The maximum Gasteiger partial charge on any atom is 0.410 e. The standard InChI is InChI=1S/C18H26ClN3O2/c1-6-15-14(19)8-12-7-13-10-21(17(23)24-18(3,4)5)9-11(2)22(13)16(12)20-15/h8,11,13H,6-7,9-10H2,1-5H3/t11-,13-/m1/s1. The van der Waals surface area contributed by atoms with Crippen molar-refractivity contribution < 1.29 is 9.53 Å². The summed E-state index contributed by atoms with van der Waals surface area (Å²) in [6.07, 6.45) is 1.46. The number of hydrogen-bond donors (Lipinski definition) is 0. The van der Waals surface area contributed by atoms with Gasteiger partial charge in [-0.15, -0.1) is 0 Å². The Morgan fingerprint density at radius 1 is 1.42 bits per heavy atom. The van der Waals surface area contributed by atoms with Gasteiger partial charge in [0.25, 0.3) is 0 Å². The molecule has 1 saturated heterocycles. The highest BCUT2D eigenvalue weighted by Crippen LogP contribution is 2.37. The van der Waals surface area contributed by atoms with E-state index in [1.165, 1.54) is 5.56 Å². The predicted octanol–water partition coefficient (Wildman–Crippen LogP) is 3.67. The Hall–Kier alpha value is -1.49. The molecule has 24 heavy (non-hydrogen) atoms. The fourth-order valence-corrected chi connectivity index (χ4v) is 3.94. The Morgan fingerprint density at radius 2 is 2.12 bits per heavy atom. The van der Waals surface area contributed by atoms with Gasteiger partial charge in [0.05, 0.1) is 16.8 Å². The van der Waals surface area contributed by atoms with E-state index >= 15 is 0 Å². The lowest BCUT2D eigenvalue weighted by Gasteiger charge is -2.43. The number of aromatic nitrogens is 1. The molecule has 2 aliphatic rings. The Kier molecular flexibility index (Phi) is 4.41. The first kappa shape index (κ1) is 17.3. The second kappa shape index (κ2) is 6.10. The minimum absolute atomic E-state index is 0.205. The molecule has 1 fully saturated rings. The molecule has 1 aromatic rings. The lowest BCUT2D eigenvalue weighted by atomic mass is 10.1. The van der Waals surface area contributed by atoms with Gasteiger partial charge in [-0.1, -0.05) is 18.5 Å². The van der Waals surface area contributed by atoms with Gasteiger partial charge >= 0.3 is 6.09 Å². The smallest absolute Gasteiger partial charge is 0.410 e. The van der Waals surface area contributed by atoms with E-state index in [1.807, 2.05) is 31.7 Å². The molecule has 0 spiro atoms. The number of amides is 1. The van der Waals surface area contributed by atoms with E-state index in [1.54, 1.807) is 0 Å². The number of nitrogens with zero attached hydrogens (tertiary/aromatic N) is 3. The molecule has 3 heterocycles. The first-order valence-corrected chi connectivity index (χ1v) is 9.02. The Morgan fingerprint density at radius 3 is 2.75 bits per heavy atom. The molecule has 0 aliphatic carbocycles. The molecule has 0 aromatic carbocycles. The van der Waals surface area contributed by atoms with Gasteiger partial charge in [-0.05, 0) is 52.2 Å². The van der Waals surface area contributed by atoms with Gasteiger partial charge in [0.2, 0.25) is 0 Å². The van der Waals surface area contributed by atoms with Crippen molar-refractivity contribution in [2.45, 2.75) is 65.1 Å². The summed E-state index contributed by atoms with van der Waals surface area (Å²) < 4.78 is 5.54. The van der Waals surface area contributed by atoms with Crippen molar-refractivity contribution in [2.24, 2.45) is 0 Å². The van der Waals surface area contributed by atoms with Gasteiger partial charge in [0.1, 0.15) is 11.4 Å². The monoisotopic (exact) mass is 351 g/mol. The van der Waals surface area contributed by atoms with Gasteiger partial charge in [0, 0.05) is 19.1 Å². The highest BCUT2D eigenvalue weighted by Gasteiger charge is 2.41. The van der Waals surface area contributed by atoms with Crippen molar-refractivity contribution >= 4 is 23.5 Å². The van der Waals surface area contributed by atoms with Gasteiger partial charge in [-0.2, -0.15) is 0 Å². The maximum absolute atomic E-state index is 12.4. The highest BCUT2D eigenvalue weighted by atomic mass is 35.5. The van der Waals surface area contributed by atoms with Crippen LogP contribution in [-0.2, 0) is 17.6 Å². The fraction of sp³-hybridized carbons (Fsp3) is 0.667. The van der Waals surface area contributed by atoms with Gasteiger partial charge < -0.3 is 14.5 Å². The molecule has 1 amide bonds. The number of rotatable bonds is 1. The van der Waals surface area contributed by atoms with Crippen LogP contribution in [-0.4, -0.2) is 46.8 Å². The third-order valence-electron chi connectivity index (χ3n) is 4.58. The lowest BCUT2D eigenvalue weighted by molar-refractivity contribution is 0.0191. The maximum atomic E-state index is 12.4. The van der Waals surface area contributed by atoms with Crippen LogP contribution in [0.3, 0.4) is 0 Å². The van der Waals surface area contributed by atoms with Crippen LogP contribution < -0.4 is 4.90 Å². The molecule has 1 aromatic heterocycles. The van der Waals surface area contributed by atoms with Gasteiger partial charge in [0.15, 0.2) is 0 Å². The summed E-state index contributed by atoms with van der Waals surface area (Å²) in [5.41, 5.74) is 1.65. The van der Waals surface area contributed by atoms with E-state index in [0.29, 0.717) is 13.1 Å². The zero-order valence-electron chi connectivity index (χ0n) is 15.1. The van der Waals surface area contributed by atoms with Crippen molar-refractivity contribution in [2.75, 3.05) is 18.0 Å². The molecule has 3 rings (SSSR count). The lowest BCUT2D eigenvalue weighted by Crippen LogP contribution is -2.58. The second-order valence-corrected chi connectivity index (χ2v) is 8.16.